The highest BCUT2D eigenvalue weighted by atomic mass is 32.1. The molecule has 126 valence electrons. The summed E-state index contributed by atoms with van der Waals surface area (Å²) in [5.41, 5.74) is 6.63. The Hall–Kier alpha value is -3.12. The molecule has 0 saturated carbocycles. The number of anilines is 1. The minimum absolute atomic E-state index is 0.260. The number of methoxy groups -OCH3 is 1. The molecule has 0 aliphatic carbocycles. The Kier molecular flexibility index (Phi) is 5.11. The molecule has 0 bridgehead atoms. The Labute approximate surface area is 151 Å². The van der Waals surface area contributed by atoms with E-state index in [0.717, 1.165) is 22.2 Å². The molecule has 0 heterocycles. The van der Waals surface area contributed by atoms with Crippen LogP contribution in [0.25, 0.3) is 10.8 Å². The van der Waals surface area contributed by atoms with E-state index in [0.29, 0.717) is 10.7 Å². The largest absolute Gasteiger partial charge is 0.497 e. The minimum Gasteiger partial charge on any atom is -0.497 e. The van der Waals surface area contributed by atoms with Crippen molar-refractivity contribution in [3.05, 3.63) is 72.3 Å². The van der Waals surface area contributed by atoms with Crippen molar-refractivity contribution < 1.29 is 9.53 Å². The summed E-state index contributed by atoms with van der Waals surface area (Å²) < 4.78 is 5.10. The van der Waals surface area contributed by atoms with Crippen LogP contribution in [0, 0.1) is 0 Å². The van der Waals surface area contributed by atoms with Crippen LogP contribution >= 0.6 is 12.2 Å². The maximum Gasteiger partial charge on any atom is 0.269 e. The molecular weight excluding hydrogens is 334 g/mol. The quantitative estimate of drug-likeness (QED) is 0.498. The van der Waals surface area contributed by atoms with E-state index >= 15 is 0 Å². The van der Waals surface area contributed by atoms with E-state index in [-0.39, 0.29) is 5.91 Å². The van der Waals surface area contributed by atoms with Gasteiger partial charge in [0.1, 0.15) is 5.75 Å². The number of fused-ring (bicyclic) bond motifs is 1. The monoisotopic (exact) mass is 351 g/mol. The molecule has 5 nitrogen and oxygen atoms in total. The second kappa shape index (κ2) is 7.63. The van der Waals surface area contributed by atoms with Crippen LogP contribution in [0.2, 0.25) is 0 Å². The molecule has 0 aliphatic heterocycles. The molecule has 3 rings (SSSR count). The third kappa shape index (κ3) is 4.24. The fourth-order valence-corrected chi connectivity index (χ4v) is 2.52. The van der Waals surface area contributed by atoms with Crippen LogP contribution in [0.1, 0.15) is 10.4 Å². The van der Waals surface area contributed by atoms with Crippen molar-refractivity contribution in [2.45, 2.75) is 0 Å². The third-order valence-corrected chi connectivity index (χ3v) is 3.85. The first-order valence-corrected chi connectivity index (χ1v) is 8.07. The highest BCUT2D eigenvalue weighted by molar-refractivity contribution is 7.80. The Morgan fingerprint density at radius 3 is 2.36 bits per heavy atom. The molecule has 0 radical (unpaired) electrons. The van der Waals surface area contributed by atoms with Gasteiger partial charge >= 0.3 is 0 Å². The topological polar surface area (TPSA) is 62.4 Å². The average Bonchev–Trinajstić information content (AvgIpc) is 2.66. The van der Waals surface area contributed by atoms with Gasteiger partial charge in [0.25, 0.3) is 5.91 Å². The van der Waals surface area contributed by atoms with E-state index in [9.17, 15) is 4.79 Å². The summed E-state index contributed by atoms with van der Waals surface area (Å²) in [6.45, 7) is 0. The van der Waals surface area contributed by atoms with E-state index in [2.05, 4.69) is 16.2 Å². The summed E-state index contributed by atoms with van der Waals surface area (Å²) >= 11 is 5.17. The maximum absolute atomic E-state index is 12.3. The van der Waals surface area contributed by atoms with Crippen LogP contribution in [-0.2, 0) is 0 Å². The number of nitrogens with one attached hydrogen (secondary N) is 3. The average molecular weight is 351 g/mol. The number of rotatable bonds is 3. The van der Waals surface area contributed by atoms with Gasteiger partial charge in [0.05, 0.1) is 7.11 Å². The summed E-state index contributed by atoms with van der Waals surface area (Å²) in [7, 11) is 1.61. The van der Waals surface area contributed by atoms with Crippen molar-refractivity contribution in [1.82, 2.24) is 10.9 Å². The SMILES string of the molecule is COc1ccc(NC(=S)NNC(=O)c2ccc3ccccc3c2)cc1. The van der Waals surface area contributed by atoms with Crippen molar-refractivity contribution in [2.24, 2.45) is 0 Å². The zero-order valence-electron chi connectivity index (χ0n) is 13.6. The molecule has 0 fully saturated rings. The van der Waals surface area contributed by atoms with E-state index < -0.39 is 0 Å². The normalized spacial score (nSPS) is 10.1. The van der Waals surface area contributed by atoms with E-state index in [1.807, 2.05) is 60.7 Å². The fourth-order valence-electron chi connectivity index (χ4n) is 2.35. The lowest BCUT2D eigenvalue weighted by atomic mass is 10.1. The lowest BCUT2D eigenvalue weighted by Crippen LogP contribution is -2.43. The lowest BCUT2D eigenvalue weighted by molar-refractivity contribution is 0.0944. The van der Waals surface area contributed by atoms with Crippen molar-refractivity contribution in [3.63, 3.8) is 0 Å². The standard InChI is InChI=1S/C19H17N3O2S/c1-24-17-10-8-16(9-11-17)20-19(25)22-21-18(23)15-7-6-13-4-2-3-5-14(13)12-15/h2-12H,1H3,(H,21,23)(H2,20,22,25). The summed E-state index contributed by atoms with van der Waals surface area (Å²) in [6, 6.07) is 20.7. The highest BCUT2D eigenvalue weighted by Crippen LogP contribution is 2.16. The Bertz CT molecular complexity index is 910. The van der Waals surface area contributed by atoms with Gasteiger partial charge in [0.2, 0.25) is 0 Å². The van der Waals surface area contributed by atoms with Gasteiger partial charge in [-0.2, -0.15) is 0 Å². The Morgan fingerprint density at radius 1 is 0.920 bits per heavy atom. The van der Waals surface area contributed by atoms with Crippen LogP contribution in [0.15, 0.2) is 66.7 Å². The van der Waals surface area contributed by atoms with Gasteiger partial charge < -0.3 is 10.1 Å². The first-order chi connectivity index (χ1) is 12.2. The number of hydrogen-bond donors (Lipinski definition) is 3. The molecule has 0 aliphatic rings. The zero-order chi connectivity index (χ0) is 17.6. The molecule has 6 heteroatoms. The lowest BCUT2D eigenvalue weighted by Gasteiger charge is -2.12. The number of hydrogen-bond acceptors (Lipinski definition) is 3. The molecule has 3 aromatic rings. The predicted molar refractivity (Wildman–Crippen MR) is 104 cm³/mol. The van der Waals surface area contributed by atoms with Crippen LogP contribution in [0.4, 0.5) is 5.69 Å². The van der Waals surface area contributed by atoms with Crippen LogP contribution in [0.5, 0.6) is 5.75 Å². The second-order valence-electron chi connectivity index (χ2n) is 5.32. The van der Waals surface area contributed by atoms with Crippen molar-refractivity contribution in [2.75, 3.05) is 12.4 Å². The van der Waals surface area contributed by atoms with Gasteiger partial charge in [-0.15, -0.1) is 0 Å². The second-order valence-corrected chi connectivity index (χ2v) is 5.73. The Balaban J connectivity index is 1.57. The summed E-state index contributed by atoms with van der Waals surface area (Å²) in [5, 5.41) is 5.37. The molecule has 1 amide bonds. The number of benzene rings is 3. The molecule has 3 N–H and O–H groups in total. The number of amides is 1. The van der Waals surface area contributed by atoms with Crippen molar-refractivity contribution in [3.8, 4) is 5.75 Å². The smallest absolute Gasteiger partial charge is 0.269 e. The van der Waals surface area contributed by atoms with Gasteiger partial charge in [-0.05, 0) is 59.4 Å². The third-order valence-electron chi connectivity index (χ3n) is 3.65. The molecule has 0 unspecified atom stereocenters. The fraction of sp³-hybridized carbons (Fsp3) is 0.0526. The van der Waals surface area contributed by atoms with Crippen LogP contribution in [-0.4, -0.2) is 18.1 Å². The van der Waals surface area contributed by atoms with Gasteiger partial charge in [0.15, 0.2) is 5.11 Å². The summed E-state index contributed by atoms with van der Waals surface area (Å²) in [4.78, 5) is 12.3. The summed E-state index contributed by atoms with van der Waals surface area (Å²) in [5.74, 6) is 0.499. The van der Waals surface area contributed by atoms with Crippen LogP contribution in [0.3, 0.4) is 0 Å². The number of hydrazine groups is 1. The van der Waals surface area contributed by atoms with E-state index in [1.165, 1.54) is 0 Å². The summed E-state index contributed by atoms with van der Waals surface area (Å²) in [6.07, 6.45) is 0. The number of ether oxygens (including phenoxy) is 1. The van der Waals surface area contributed by atoms with Gasteiger partial charge in [0, 0.05) is 11.3 Å². The highest BCUT2D eigenvalue weighted by Gasteiger charge is 2.07. The Morgan fingerprint density at radius 2 is 1.64 bits per heavy atom. The minimum atomic E-state index is -0.260. The molecule has 25 heavy (non-hydrogen) atoms. The number of carbonyl (C=O) groups is 1. The molecule has 0 aromatic heterocycles. The maximum atomic E-state index is 12.3. The van der Waals surface area contributed by atoms with Crippen molar-refractivity contribution in [1.29, 1.82) is 0 Å². The first-order valence-electron chi connectivity index (χ1n) is 7.66. The van der Waals surface area contributed by atoms with Gasteiger partial charge in [-0.3, -0.25) is 15.6 Å². The predicted octanol–water partition coefficient (Wildman–Crippen LogP) is 3.48. The van der Waals surface area contributed by atoms with E-state index in [1.54, 1.807) is 13.2 Å². The molecule has 0 saturated heterocycles. The molecule has 0 spiro atoms. The van der Waals surface area contributed by atoms with Gasteiger partial charge in [-0.1, -0.05) is 30.3 Å². The van der Waals surface area contributed by atoms with Crippen molar-refractivity contribution >= 4 is 39.7 Å². The molecule has 3 aromatic carbocycles. The first kappa shape index (κ1) is 16.7. The number of thiocarbonyl (C=S) groups is 1. The van der Waals surface area contributed by atoms with Gasteiger partial charge in [-0.25, -0.2) is 0 Å². The molecular formula is C19H17N3O2S. The number of carbonyl (C=O) groups excluding carboxylic acids is 1. The van der Waals surface area contributed by atoms with E-state index in [4.69, 9.17) is 17.0 Å². The molecule has 0 atom stereocenters. The zero-order valence-corrected chi connectivity index (χ0v) is 14.4. The van der Waals surface area contributed by atoms with Crippen LogP contribution < -0.4 is 20.9 Å².